The first-order chi connectivity index (χ1) is 7.74. The molecule has 0 aromatic heterocycles. The molecule has 0 bridgehead atoms. The van der Waals surface area contributed by atoms with Crippen molar-refractivity contribution in [2.45, 2.75) is 25.8 Å². The second-order valence-corrected chi connectivity index (χ2v) is 5.23. The highest BCUT2D eigenvalue weighted by atomic mass is 32.2. The van der Waals surface area contributed by atoms with Crippen molar-refractivity contribution in [1.82, 2.24) is 10.6 Å². The molecule has 4 heteroatoms. The zero-order chi connectivity index (χ0) is 11.8. The molecular weight excluding hydrogens is 220 g/mol. The minimum atomic E-state index is 0.189. The normalized spacial score (nSPS) is 24.8. The van der Waals surface area contributed by atoms with Crippen molar-refractivity contribution in [2.75, 3.05) is 24.6 Å². The fraction of sp³-hybridized carbons (Fsp3) is 0.750. The van der Waals surface area contributed by atoms with Crippen LogP contribution in [0.25, 0.3) is 0 Å². The van der Waals surface area contributed by atoms with Crippen molar-refractivity contribution in [3.8, 4) is 12.3 Å². The van der Waals surface area contributed by atoms with Gasteiger partial charge in [0, 0.05) is 24.3 Å². The summed E-state index contributed by atoms with van der Waals surface area (Å²) < 4.78 is 0. The summed E-state index contributed by atoms with van der Waals surface area (Å²) in [6, 6.07) is 0.459. The maximum atomic E-state index is 11.8. The van der Waals surface area contributed by atoms with E-state index in [2.05, 4.69) is 23.5 Å². The van der Waals surface area contributed by atoms with Gasteiger partial charge in [0.25, 0.3) is 0 Å². The molecule has 16 heavy (non-hydrogen) atoms. The minimum absolute atomic E-state index is 0.189. The van der Waals surface area contributed by atoms with Crippen LogP contribution in [0.4, 0.5) is 0 Å². The summed E-state index contributed by atoms with van der Waals surface area (Å²) in [5, 5.41) is 6.32. The van der Waals surface area contributed by atoms with Crippen LogP contribution in [0.5, 0.6) is 0 Å². The van der Waals surface area contributed by atoms with Crippen LogP contribution in [0.15, 0.2) is 0 Å². The van der Waals surface area contributed by atoms with E-state index in [-0.39, 0.29) is 11.8 Å². The Morgan fingerprint density at radius 3 is 3.19 bits per heavy atom. The second kappa shape index (κ2) is 7.59. The highest BCUT2D eigenvalue weighted by Crippen LogP contribution is 2.15. The van der Waals surface area contributed by atoms with Gasteiger partial charge in [0.15, 0.2) is 0 Å². The number of hydrogen-bond acceptors (Lipinski definition) is 3. The standard InChI is InChI=1S/C12H20N2OS/c1-3-7-16-8-6-14-12(15)11-4-5-13-10(2)9-11/h1,10-11,13H,4-9H2,2H3,(H,14,15). The molecule has 1 fully saturated rings. The molecule has 0 spiro atoms. The van der Waals surface area contributed by atoms with Gasteiger partial charge in [-0.3, -0.25) is 4.79 Å². The molecule has 1 heterocycles. The monoisotopic (exact) mass is 240 g/mol. The molecule has 1 rings (SSSR count). The van der Waals surface area contributed by atoms with Gasteiger partial charge in [-0.05, 0) is 26.3 Å². The predicted octanol–water partition coefficient (Wildman–Crippen LogP) is 0.857. The van der Waals surface area contributed by atoms with E-state index in [0.29, 0.717) is 6.04 Å². The summed E-state index contributed by atoms with van der Waals surface area (Å²) in [6.07, 6.45) is 7.04. The van der Waals surface area contributed by atoms with Gasteiger partial charge in [-0.15, -0.1) is 18.2 Å². The molecule has 0 aliphatic carbocycles. The van der Waals surface area contributed by atoms with Gasteiger partial charge in [0.1, 0.15) is 0 Å². The molecular formula is C12H20N2OS. The molecule has 1 amide bonds. The molecule has 3 nitrogen and oxygen atoms in total. The first-order valence-corrected chi connectivity index (χ1v) is 6.91. The fourth-order valence-corrected chi connectivity index (χ4v) is 2.40. The number of carbonyl (C=O) groups is 1. The van der Waals surface area contributed by atoms with Gasteiger partial charge in [0.05, 0.1) is 5.75 Å². The molecule has 0 aromatic rings. The number of rotatable bonds is 5. The van der Waals surface area contributed by atoms with Crippen molar-refractivity contribution >= 4 is 17.7 Å². The van der Waals surface area contributed by atoms with Crippen molar-refractivity contribution in [1.29, 1.82) is 0 Å². The number of hydrogen-bond donors (Lipinski definition) is 2. The first-order valence-electron chi connectivity index (χ1n) is 5.76. The molecule has 1 aliphatic heterocycles. The van der Waals surface area contributed by atoms with Gasteiger partial charge in [0.2, 0.25) is 5.91 Å². The van der Waals surface area contributed by atoms with E-state index in [1.807, 2.05) is 0 Å². The third-order valence-electron chi connectivity index (χ3n) is 2.73. The lowest BCUT2D eigenvalue weighted by molar-refractivity contribution is -0.125. The van der Waals surface area contributed by atoms with E-state index in [4.69, 9.17) is 6.42 Å². The number of amides is 1. The number of thioether (sulfide) groups is 1. The van der Waals surface area contributed by atoms with Gasteiger partial charge in [-0.2, -0.15) is 0 Å². The molecule has 0 radical (unpaired) electrons. The quantitative estimate of drug-likeness (QED) is 0.553. The van der Waals surface area contributed by atoms with Crippen LogP contribution in [-0.2, 0) is 4.79 Å². The van der Waals surface area contributed by atoms with Crippen molar-refractivity contribution < 1.29 is 4.79 Å². The van der Waals surface area contributed by atoms with Gasteiger partial charge in [-0.1, -0.05) is 5.92 Å². The Balaban J connectivity index is 2.12. The van der Waals surface area contributed by atoms with Crippen LogP contribution >= 0.6 is 11.8 Å². The van der Waals surface area contributed by atoms with Gasteiger partial charge < -0.3 is 10.6 Å². The maximum Gasteiger partial charge on any atom is 0.223 e. The van der Waals surface area contributed by atoms with E-state index < -0.39 is 0 Å². The molecule has 1 saturated heterocycles. The van der Waals surface area contributed by atoms with Crippen LogP contribution in [0, 0.1) is 18.3 Å². The average Bonchev–Trinajstić information content (AvgIpc) is 2.28. The van der Waals surface area contributed by atoms with Crippen LogP contribution < -0.4 is 10.6 Å². The van der Waals surface area contributed by atoms with E-state index in [1.165, 1.54) is 0 Å². The van der Waals surface area contributed by atoms with E-state index >= 15 is 0 Å². The smallest absolute Gasteiger partial charge is 0.223 e. The second-order valence-electron chi connectivity index (χ2n) is 4.12. The zero-order valence-corrected chi connectivity index (χ0v) is 10.6. The summed E-state index contributed by atoms with van der Waals surface area (Å²) >= 11 is 1.68. The molecule has 90 valence electrons. The molecule has 0 saturated carbocycles. The lowest BCUT2D eigenvalue weighted by Crippen LogP contribution is -2.42. The summed E-state index contributed by atoms with van der Waals surface area (Å²) in [5.74, 6) is 4.58. The zero-order valence-electron chi connectivity index (χ0n) is 9.79. The summed E-state index contributed by atoms with van der Waals surface area (Å²) in [5.41, 5.74) is 0. The Morgan fingerprint density at radius 1 is 1.69 bits per heavy atom. The SMILES string of the molecule is C#CCSCCNC(=O)C1CCNC(C)C1. The molecule has 2 unspecified atom stereocenters. The Morgan fingerprint density at radius 2 is 2.50 bits per heavy atom. The number of piperidine rings is 1. The fourth-order valence-electron chi connectivity index (χ4n) is 1.89. The van der Waals surface area contributed by atoms with E-state index in [0.717, 1.165) is 37.4 Å². The lowest BCUT2D eigenvalue weighted by atomic mass is 9.92. The van der Waals surface area contributed by atoms with Gasteiger partial charge in [-0.25, -0.2) is 0 Å². The number of carbonyl (C=O) groups excluding carboxylic acids is 1. The van der Waals surface area contributed by atoms with Gasteiger partial charge >= 0.3 is 0 Å². The highest BCUT2D eigenvalue weighted by molar-refractivity contribution is 7.99. The summed E-state index contributed by atoms with van der Waals surface area (Å²) in [7, 11) is 0. The highest BCUT2D eigenvalue weighted by Gasteiger charge is 2.23. The van der Waals surface area contributed by atoms with E-state index in [9.17, 15) is 4.79 Å². The van der Waals surface area contributed by atoms with Crippen molar-refractivity contribution in [3.63, 3.8) is 0 Å². The Bertz CT molecular complexity index is 262. The van der Waals surface area contributed by atoms with Crippen LogP contribution in [0.1, 0.15) is 19.8 Å². The number of terminal acetylenes is 1. The largest absolute Gasteiger partial charge is 0.355 e. The summed E-state index contributed by atoms with van der Waals surface area (Å²) in [6.45, 7) is 3.80. The Kier molecular flexibility index (Phi) is 6.36. The summed E-state index contributed by atoms with van der Waals surface area (Å²) in [4.78, 5) is 11.8. The third kappa shape index (κ3) is 4.91. The van der Waals surface area contributed by atoms with Crippen LogP contribution in [0.2, 0.25) is 0 Å². The molecule has 2 atom stereocenters. The van der Waals surface area contributed by atoms with Crippen molar-refractivity contribution in [3.05, 3.63) is 0 Å². The van der Waals surface area contributed by atoms with Crippen LogP contribution in [0.3, 0.4) is 0 Å². The van der Waals surface area contributed by atoms with E-state index in [1.54, 1.807) is 11.8 Å². The minimum Gasteiger partial charge on any atom is -0.355 e. The topological polar surface area (TPSA) is 41.1 Å². The molecule has 1 aliphatic rings. The third-order valence-corrected chi connectivity index (χ3v) is 3.59. The first kappa shape index (κ1) is 13.4. The average molecular weight is 240 g/mol. The van der Waals surface area contributed by atoms with Crippen LogP contribution in [-0.4, -0.2) is 36.5 Å². The Labute approximate surface area is 102 Å². The molecule has 0 aromatic carbocycles. The lowest BCUT2D eigenvalue weighted by Gasteiger charge is -2.27. The van der Waals surface area contributed by atoms with Crippen molar-refractivity contribution in [2.24, 2.45) is 5.92 Å². The maximum absolute atomic E-state index is 11.8. The predicted molar refractivity (Wildman–Crippen MR) is 69.4 cm³/mol. The molecule has 2 N–H and O–H groups in total. The Hall–Kier alpha value is -0.660. The number of nitrogens with one attached hydrogen (secondary N) is 2.